The first kappa shape index (κ1) is 19.3. The van der Waals surface area contributed by atoms with Crippen molar-refractivity contribution in [3.05, 3.63) is 41.2 Å². The number of carbonyl (C=O) groups is 1. The van der Waals surface area contributed by atoms with Gasteiger partial charge in [-0.3, -0.25) is 9.48 Å². The van der Waals surface area contributed by atoms with E-state index in [4.69, 9.17) is 0 Å². The first-order valence-electron chi connectivity index (χ1n) is 9.40. The van der Waals surface area contributed by atoms with Crippen LogP contribution in [0.5, 0.6) is 0 Å². The molecule has 1 unspecified atom stereocenters. The fourth-order valence-corrected chi connectivity index (χ4v) is 3.70. The molecule has 0 aliphatic carbocycles. The molecule has 0 radical (unpaired) electrons. The number of rotatable bonds is 3. The molecule has 1 fully saturated rings. The number of nitrogens with zero attached hydrogens (tertiary/aromatic N) is 7. The third-order valence-corrected chi connectivity index (χ3v) is 5.15. The van der Waals surface area contributed by atoms with Crippen LogP contribution in [0.1, 0.15) is 53.3 Å². The maximum absolute atomic E-state index is 13.0. The summed E-state index contributed by atoms with van der Waals surface area (Å²) in [6.45, 7) is 5.38. The molecule has 0 spiro atoms. The highest BCUT2D eigenvalue weighted by molar-refractivity contribution is 5.95. The van der Waals surface area contributed by atoms with Crippen molar-refractivity contribution < 1.29 is 18.0 Å². The van der Waals surface area contributed by atoms with E-state index in [0.717, 1.165) is 17.4 Å². The highest BCUT2D eigenvalue weighted by atomic mass is 19.4. The number of alkyl halides is 3. The van der Waals surface area contributed by atoms with Gasteiger partial charge in [0.1, 0.15) is 0 Å². The van der Waals surface area contributed by atoms with E-state index in [1.54, 1.807) is 28.8 Å². The van der Waals surface area contributed by atoms with Gasteiger partial charge >= 0.3 is 6.18 Å². The summed E-state index contributed by atoms with van der Waals surface area (Å²) in [5, 5.41) is 7.94. The van der Waals surface area contributed by atoms with E-state index in [2.05, 4.69) is 20.2 Å². The molecule has 1 saturated heterocycles. The Morgan fingerprint density at radius 3 is 2.79 bits per heavy atom. The highest BCUT2D eigenvalue weighted by Gasteiger charge is 2.37. The Morgan fingerprint density at radius 1 is 1.31 bits per heavy atom. The van der Waals surface area contributed by atoms with Crippen molar-refractivity contribution >= 4 is 11.7 Å². The predicted octanol–water partition coefficient (Wildman–Crippen LogP) is 2.69. The summed E-state index contributed by atoms with van der Waals surface area (Å²) in [5.74, 6) is -1.60. The number of halogens is 3. The van der Waals surface area contributed by atoms with Crippen LogP contribution in [0.2, 0.25) is 0 Å². The minimum atomic E-state index is -4.64. The fourth-order valence-electron chi connectivity index (χ4n) is 3.70. The van der Waals surface area contributed by atoms with Gasteiger partial charge in [0, 0.05) is 37.9 Å². The van der Waals surface area contributed by atoms with E-state index in [9.17, 15) is 18.0 Å². The third kappa shape index (κ3) is 3.56. The maximum Gasteiger partial charge on any atom is 0.453 e. The van der Waals surface area contributed by atoms with Crippen LogP contribution in [0.4, 0.5) is 13.2 Å². The Bertz CT molecular complexity index is 1060. The van der Waals surface area contributed by atoms with Gasteiger partial charge in [0.15, 0.2) is 0 Å². The fraction of sp³-hybridized carbons (Fsp3) is 0.500. The molecule has 0 saturated carbocycles. The smallest absolute Gasteiger partial charge is 0.338 e. The van der Waals surface area contributed by atoms with Crippen LogP contribution < -0.4 is 0 Å². The van der Waals surface area contributed by atoms with Crippen LogP contribution in [0.3, 0.4) is 0 Å². The molecule has 154 valence electrons. The first-order valence-corrected chi connectivity index (χ1v) is 9.40. The van der Waals surface area contributed by atoms with E-state index < -0.39 is 12.0 Å². The summed E-state index contributed by atoms with van der Waals surface area (Å²) in [5.41, 5.74) is 1.78. The lowest BCUT2D eigenvalue weighted by Gasteiger charge is -2.32. The standard InChI is InChI=1S/C18H20F3N7O/c1-3-27-10-13(11(2)24-27)15(29)26-8-4-5-12(9-26)14-6-7-22-17-23-16(18(19,20)21)25-28(14)17/h6-7,10,12H,3-5,8-9H2,1-2H3. The van der Waals surface area contributed by atoms with Crippen molar-refractivity contribution in [3.63, 3.8) is 0 Å². The quantitative estimate of drug-likeness (QED) is 0.667. The SMILES string of the molecule is CCn1cc(C(=O)N2CCCC(c3ccnc4nc(C(F)(F)F)nn34)C2)c(C)n1. The van der Waals surface area contributed by atoms with Crippen molar-refractivity contribution in [2.24, 2.45) is 0 Å². The molecule has 1 aliphatic rings. The average molecular weight is 407 g/mol. The second-order valence-electron chi connectivity index (χ2n) is 7.09. The molecule has 1 amide bonds. The van der Waals surface area contributed by atoms with Crippen LogP contribution in [0, 0.1) is 6.92 Å². The normalized spacial score (nSPS) is 17.8. The number of aromatic nitrogens is 6. The van der Waals surface area contributed by atoms with Gasteiger partial charge in [-0.1, -0.05) is 0 Å². The van der Waals surface area contributed by atoms with E-state index >= 15 is 0 Å². The molecule has 3 aromatic rings. The molecule has 4 rings (SSSR count). The van der Waals surface area contributed by atoms with Crippen LogP contribution >= 0.6 is 0 Å². The largest absolute Gasteiger partial charge is 0.453 e. The van der Waals surface area contributed by atoms with Gasteiger partial charge in [0.05, 0.1) is 17.0 Å². The molecule has 8 nitrogen and oxygen atoms in total. The van der Waals surface area contributed by atoms with Crippen LogP contribution in [-0.2, 0) is 12.7 Å². The van der Waals surface area contributed by atoms with Gasteiger partial charge in [-0.2, -0.15) is 23.3 Å². The summed E-state index contributed by atoms with van der Waals surface area (Å²) in [4.78, 5) is 22.1. The molecule has 29 heavy (non-hydrogen) atoms. The minimum absolute atomic E-state index is 0.0988. The van der Waals surface area contributed by atoms with Crippen molar-refractivity contribution in [2.45, 2.75) is 45.3 Å². The average Bonchev–Trinajstić information content (AvgIpc) is 3.30. The summed E-state index contributed by atoms with van der Waals surface area (Å²) < 4.78 is 41.8. The topological polar surface area (TPSA) is 81.2 Å². The second kappa shape index (κ2) is 7.12. The van der Waals surface area contributed by atoms with Crippen molar-refractivity contribution in [1.29, 1.82) is 0 Å². The molecule has 1 aliphatic heterocycles. The summed E-state index contributed by atoms with van der Waals surface area (Å²) in [6.07, 6.45) is -0.00946. The van der Waals surface area contributed by atoms with Gasteiger partial charge in [-0.25, -0.2) is 9.50 Å². The van der Waals surface area contributed by atoms with Crippen molar-refractivity contribution in [3.8, 4) is 0 Å². The lowest BCUT2D eigenvalue weighted by Crippen LogP contribution is -2.39. The molecule has 0 aromatic carbocycles. The number of likely N-dealkylation sites (tertiary alicyclic amines) is 1. The molecule has 0 bridgehead atoms. The lowest BCUT2D eigenvalue weighted by atomic mass is 9.94. The van der Waals surface area contributed by atoms with Crippen LogP contribution in [-0.4, -0.2) is 53.3 Å². The predicted molar refractivity (Wildman–Crippen MR) is 96.3 cm³/mol. The second-order valence-corrected chi connectivity index (χ2v) is 7.09. The summed E-state index contributed by atoms with van der Waals surface area (Å²) >= 11 is 0. The number of fused-ring (bicyclic) bond motifs is 1. The van der Waals surface area contributed by atoms with Crippen molar-refractivity contribution in [2.75, 3.05) is 13.1 Å². The number of carbonyl (C=O) groups excluding carboxylic acids is 1. The molecule has 1 atom stereocenters. The molecule has 3 aromatic heterocycles. The highest BCUT2D eigenvalue weighted by Crippen LogP contribution is 2.30. The van der Waals surface area contributed by atoms with Gasteiger partial charge in [0.25, 0.3) is 17.5 Å². The Morgan fingerprint density at radius 2 is 2.10 bits per heavy atom. The van der Waals surface area contributed by atoms with Gasteiger partial charge < -0.3 is 4.90 Å². The minimum Gasteiger partial charge on any atom is -0.338 e. The number of hydrogen-bond donors (Lipinski definition) is 0. The van der Waals surface area contributed by atoms with E-state index in [1.165, 1.54) is 6.20 Å². The zero-order valence-electron chi connectivity index (χ0n) is 16.0. The summed E-state index contributed by atoms with van der Waals surface area (Å²) in [7, 11) is 0. The number of hydrogen-bond acceptors (Lipinski definition) is 5. The molecule has 4 heterocycles. The molecule has 11 heteroatoms. The number of aryl methyl sites for hydroxylation is 2. The first-order chi connectivity index (χ1) is 13.8. The number of piperidine rings is 1. The van der Waals surface area contributed by atoms with Crippen LogP contribution in [0.15, 0.2) is 18.5 Å². The van der Waals surface area contributed by atoms with E-state index in [-0.39, 0.29) is 17.6 Å². The molecular weight excluding hydrogens is 387 g/mol. The van der Waals surface area contributed by atoms with Crippen molar-refractivity contribution in [1.82, 2.24) is 34.3 Å². The summed E-state index contributed by atoms with van der Waals surface area (Å²) in [6, 6.07) is 1.64. The Hall–Kier alpha value is -2.98. The van der Waals surface area contributed by atoms with Gasteiger partial charge in [-0.15, -0.1) is 5.10 Å². The Balaban J connectivity index is 1.62. The van der Waals surface area contributed by atoms with E-state index in [1.807, 2.05) is 6.92 Å². The number of amides is 1. The van der Waals surface area contributed by atoms with Gasteiger partial charge in [-0.05, 0) is 32.8 Å². The van der Waals surface area contributed by atoms with E-state index in [0.29, 0.717) is 36.6 Å². The molecule has 0 N–H and O–H groups in total. The zero-order chi connectivity index (χ0) is 20.8. The maximum atomic E-state index is 13.0. The lowest BCUT2D eigenvalue weighted by molar-refractivity contribution is -0.144. The monoisotopic (exact) mass is 407 g/mol. The molecular formula is C18H20F3N7O. The van der Waals surface area contributed by atoms with Crippen LogP contribution in [0.25, 0.3) is 5.78 Å². The third-order valence-electron chi connectivity index (χ3n) is 5.15. The Kier molecular flexibility index (Phi) is 4.75. The Labute approximate surface area is 164 Å². The van der Waals surface area contributed by atoms with Gasteiger partial charge in [0.2, 0.25) is 0 Å². The zero-order valence-corrected chi connectivity index (χ0v) is 16.0.